The lowest BCUT2D eigenvalue weighted by molar-refractivity contribution is 0.0588. The maximum absolute atomic E-state index is 11.7. The number of aromatic nitrogens is 1. The van der Waals surface area contributed by atoms with Gasteiger partial charge in [-0.05, 0) is 37.7 Å². The van der Waals surface area contributed by atoms with Gasteiger partial charge < -0.3 is 15.2 Å². The van der Waals surface area contributed by atoms with Crippen LogP contribution in [0.1, 0.15) is 43.0 Å². The van der Waals surface area contributed by atoms with Crippen molar-refractivity contribution in [2.24, 2.45) is 5.92 Å². The van der Waals surface area contributed by atoms with Gasteiger partial charge in [-0.2, -0.15) is 0 Å². The van der Waals surface area contributed by atoms with E-state index in [0.29, 0.717) is 11.3 Å². The van der Waals surface area contributed by atoms with Crippen LogP contribution in [0.15, 0.2) is 12.3 Å². The molecule has 1 aromatic rings. The maximum Gasteiger partial charge on any atom is 0.341 e. The van der Waals surface area contributed by atoms with Crippen LogP contribution in [-0.4, -0.2) is 24.2 Å². The number of nitrogen functional groups attached to an aromatic ring is 1. The van der Waals surface area contributed by atoms with Crippen molar-refractivity contribution in [3.05, 3.63) is 17.8 Å². The summed E-state index contributed by atoms with van der Waals surface area (Å²) in [6.45, 7) is 2.25. The predicted molar refractivity (Wildman–Crippen MR) is 72.0 cm³/mol. The van der Waals surface area contributed by atoms with Gasteiger partial charge in [0.2, 0.25) is 0 Å². The van der Waals surface area contributed by atoms with Crippen molar-refractivity contribution in [2.75, 3.05) is 12.8 Å². The summed E-state index contributed by atoms with van der Waals surface area (Å²) in [7, 11) is 1.34. The fraction of sp³-hybridized carbons (Fsp3) is 0.571. The highest BCUT2D eigenvalue weighted by atomic mass is 16.5. The first-order chi connectivity index (χ1) is 9.10. The maximum atomic E-state index is 11.7. The number of rotatable bonds is 3. The van der Waals surface area contributed by atoms with Crippen molar-refractivity contribution < 1.29 is 14.3 Å². The average Bonchev–Trinajstić information content (AvgIpc) is 2.42. The van der Waals surface area contributed by atoms with Crippen LogP contribution in [0.2, 0.25) is 0 Å². The molecule has 1 heterocycles. The summed E-state index contributed by atoms with van der Waals surface area (Å²) in [5, 5.41) is 0. The van der Waals surface area contributed by atoms with E-state index >= 15 is 0 Å². The Hall–Kier alpha value is -1.78. The third-order valence-corrected chi connectivity index (χ3v) is 3.55. The zero-order chi connectivity index (χ0) is 13.8. The van der Waals surface area contributed by atoms with Crippen LogP contribution < -0.4 is 10.5 Å². The summed E-state index contributed by atoms with van der Waals surface area (Å²) in [6, 6.07) is 1.49. The predicted octanol–water partition coefficient (Wildman–Crippen LogP) is 2.41. The van der Waals surface area contributed by atoms with Gasteiger partial charge in [-0.15, -0.1) is 0 Å². The molecule has 19 heavy (non-hydrogen) atoms. The van der Waals surface area contributed by atoms with E-state index in [2.05, 4.69) is 11.9 Å². The van der Waals surface area contributed by atoms with Crippen LogP contribution in [0, 0.1) is 5.92 Å². The molecule has 104 valence electrons. The van der Waals surface area contributed by atoms with Crippen molar-refractivity contribution in [3.63, 3.8) is 0 Å². The number of hydrogen-bond acceptors (Lipinski definition) is 5. The van der Waals surface area contributed by atoms with Crippen LogP contribution in [0.25, 0.3) is 0 Å². The summed E-state index contributed by atoms with van der Waals surface area (Å²) >= 11 is 0. The Morgan fingerprint density at radius 2 is 2.05 bits per heavy atom. The molecule has 0 radical (unpaired) electrons. The molecule has 0 aliphatic heterocycles. The Morgan fingerprint density at radius 3 is 2.68 bits per heavy atom. The van der Waals surface area contributed by atoms with E-state index in [-0.39, 0.29) is 11.9 Å². The number of carbonyl (C=O) groups is 1. The Labute approximate surface area is 113 Å². The lowest BCUT2D eigenvalue weighted by atomic mass is 9.89. The summed E-state index contributed by atoms with van der Waals surface area (Å²) in [6.07, 6.45) is 5.96. The lowest BCUT2D eigenvalue weighted by Crippen LogP contribution is -2.24. The van der Waals surface area contributed by atoms with Gasteiger partial charge in [0.25, 0.3) is 0 Å². The average molecular weight is 264 g/mol. The molecule has 1 aliphatic carbocycles. The quantitative estimate of drug-likeness (QED) is 0.848. The Kier molecular flexibility index (Phi) is 4.24. The third-order valence-electron chi connectivity index (χ3n) is 3.55. The first-order valence-corrected chi connectivity index (χ1v) is 6.60. The second-order valence-electron chi connectivity index (χ2n) is 5.10. The number of carbonyl (C=O) groups excluding carboxylic acids is 1. The topological polar surface area (TPSA) is 74.4 Å². The van der Waals surface area contributed by atoms with E-state index in [9.17, 15) is 4.79 Å². The van der Waals surface area contributed by atoms with Crippen molar-refractivity contribution in [3.8, 4) is 5.75 Å². The number of ether oxygens (including phenoxy) is 2. The van der Waals surface area contributed by atoms with E-state index in [1.807, 2.05) is 0 Å². The number of methoxy groups -OCH3 is 1. The second kappa shape index (κ2) is 5.91. The molecule has 0 spiro atoms. The minimum absolute atomic E-state index is 0.144. The van der Waals surface area contributed by atoms with Gasteiger partial charge in [0.1, 0.15) is 11.4 Å². The smallest absolute Gasteiger partial charge is 0.341 e. The minimum atomic E-state index is -0.451. The normalized spacial score (nSPS) is 22.8. The van der Waals surface area contributed by atoms with Crippen molar-refractivity contribution in [2.45, 2.75) is 38.7 Å². The van der Waals surface area contributed by atoms with Crippen molar-refractivity contribution >= 4 is 11.8 Å². The second-order valence-corrected chi connectivity index (χ2v) is 5.10. The largest absolute Gasteiger partial charge is 0.488 e. The van der Waals surface area contributed by atoms with Gasteiger partial charge >= 0.3 is 5.97 Å². The highest BCUT2D eigenvalue weighted by Gasteiger charge is 2.22. The van der Waals surface area contributed by atoms with E-state index in [4.69, 9.17) is 15.2 Å². The van der Waals surface area contributed by atoms with Gasteiger partial charge in [-0.3, -0.25) is 0 Å². The monoisotopic (exact) mass is 264 g/mol. The zero-order valence-corrected chi connectivity index (χ0v) is 11.4. The zero-order valence-electron chi connectivity index (χ0n) is 11.4. The van der Waals surface area contributed by atoms with E-state index in [1.54, 1.807) is 0 Å². The van der Waals surface area contributed by atoms with Crippen LogP contribution in [0.3, 0.4) is 0 Å². The summed E-state index contributed by atoms with van der Waals surface area (Å²) in [4.78, 5) is 15.7. The van der Waals surface area contributed by atoms with E-state index in [0.717, 1.165) is 31.6 Å². The summed E-state index contributed by atoms with van der Waals surface area (Å²) in [5.74, 6) is 1.04. The molecule has 0 unspecified atom stereocenters. The van der Waals surface area contributed by atoms with Crippen molar-refractivity contribution in [1.82, 2.24) is 4.98 Å². The fourth-order valence-corrected chi connectivity index (χ4v) is 2.35. The molecular weight excluding hydrogens is 244 g/mol. The standard InChI is InChI=1S/C14H20N2O3/c1-9-3-5-10(6-4-9)19-12-8-16-13(15)7-11(12)14(17)18-2/h7-10H,3-6H2,1-2H3,(H2,15,16). The summed E-state index contributed by atoms with van der Waals surface area (Å²) in [5.41, 5.74) is 5.94. The minimum Gasteiger partial charge on any atom is -0.488 e. The Bertz CT molecular complexity index is 454. The van der Waals surface area contributed by atoms with Crippen LogP contribution in [-0.2, 0) is 4.74 Å². The molecule has 5 heteroatoms. The Balaban J connectivity index is 2.13. The van der Waals surface area contributed by atoms with Crippen molar-refractivity contribution in [1.29, 1.82) is 0 Å². The molecule has 1 fully saturated rings. The number of hydrogen-bond donors (Lipinski definition) is 1. The number of nitrogens with zero attached hydrogens (tertiary/aromatic N) is 1. The molecule has 2 rings (SSSR count). The van der Waals surface area contributed by atoms with Crippen LogP contribution in [0.4, 0.5) is 5.82 Å². The molecule has 0 atom stereocenters. The molecule has 0 aromatic carbocycles. The first-order valence-electron chi connectivity index (χ1n) is 6.60. The number of esters is 1. The molecule has 0 bridgehead atoms. The molecule has 5 nitrogen and oxygen atoms in total. The molecule has 0 saturated heterocycles. The van der Waals surface area contributed by atoms with Gasteiger partial charge in [-0.1, -0.05) is 6.92 Å². The van der Waals surface area contributed by atoms with Gasteiger partial charge in [-0.25, -0.2) is 9.78 Å². The number of pyridine rings is 1. The first kappa shape index (κ1) is 13.6. The van der Waals surface area contributed by atoms with Crippen LogP contribution >= 0.6 is 0 Å². The number of anilines is 1. The number of nitrogens with two attached hydrogens (primary N) is 1. The highest BCUT2D eigenvalue weighted by Crippen LogP contribution is 2.29. The molecule has 0 amide bonds. The molecule has 2 N–H and O–H groups in total. The van der Waals surface area contributed by atoms with Crippen LogP contribution in [0.5, 0.6) is 5.75 Å². The fourth-order valence-electron chi connectivity index (χ4n) is 2.35. The summed E-state index contributed by atoms with van der Waals surface area (Å²) < 4.78 is 10.6. The van der Waals surface area contributed by atoms with E-state index in [1.165, 1.54) is 19.4 Å². The molecule has 1 aromatic heterocycles. The third kappa shape index (κ3) is 3.36. The molecule has 1 saturated carbocycles. The van der Waals surface area contributed by atoms with Gasteiger partial charge in [0.15, 0.2) is 5.75 Å². The SMILES string of the molecule is COC(=O)c1cc(N)ncc1OC1CCC(C)CC1. The lowest BCUT2D eigenvalue weighted by Gasteiger charge is -2.27. The van der Waals surface area contributed by atoms with Gasteiger partial charge in [0.05, 0.1) is 19.4 Å². The highest BCUT2D eigenvalue weighted by molar-refractivity contribution is 5.93. The van der Waals surface area contributed by atoms with Gasteiger partial charge in [0, 0.05) is 0 Å². The van der Waals surface area contributed by atoms with E-state index < -0.39 is 5.97 Å². The molecular formula is C14H20N2O3. The molecule has 1 aliphatic rings. The Morgan fingerprint density at radius 1 is 1.37 bits per heavy atom.